The zero-order valence-electron chi connectivity index (χ0n) is 19.6. The van der Waals surface area contributed by atoms with E-state index in [1.807, 2.05) is 13.8 Å². The summed E-state index contributed by atoms with van der Waals surface area (Å²) in [5, 5.41) is 0. The van der Waals surface area contributed by atoms with Gasteiger partial charge in [-0.05, 0) is 68.1 Å². The summed E-state index contributed by atoms with van der Waals surface area (Å²) in [4.78, 5) is 33.9. The molecule has 6 heteroatoms. The lowest BCUT2D eigenvalue weighted by Crippen LogP contribution is -2.08. The van der Waals surface area contributed by atoms with Crippen LogP contribution < -0.4 is 0 Å². The van der Waals surface area contributed by atoms with Crippen molar-refractivity contribution < 1.29 is 18.7 Å². The summed E-state index contributed by atoms with van der Waals surface area (Å²) in [5.74, 6) is -0.536. The highest BCUT2D eigenvalue weighted by atomic mass is 19.1. The maximum atomic E-state index is 13.5. The molecular weight excluding hydrogens is 419 g/mol. The lowest BCUT2D eigenvalue weighted by Gasteiger charge is -2.12. The monoisotopic (exact) mass is 450 g/mol. The summed E-state index contributed by atoms with van der Waals surface area (Å²) in [6, 6.07) is 11.6. The molecule has 0 atom stereocenters. The second-order valence-corrected chi connectivity index (χ2v) is 8.53. The highest BCUT2D eigenvalue weighted by Crippen LogP contribution is 2.26. The first-order chi connectivity index (χ1) is 15.9. The fraction of sp³-hybridized carbons (Fsp3) is 0.407. The maximum Gasteiger partial charge on any atom is 0.305 e. The zero-order valence-corrected chi connectivity index (χ0v) is 19.6. The van der Waals surface area contributed by atoms with Crippen LogP contribution in [0.25, 0.3) is 22.3 Å². The number of benzene rings is 2. The molecule has 0 saturated carbocycles. The lowest BCUT2D eigenvalue weighted by molar-refractivity contribution is -0.143. The number of ether oxygens (including phenoxy) is 1. The van der Waals surface area contributed by atoms with Crippen molar-refractivity contribution in [3.05, 3.63) is 59.5 Å². The van der Waals surface area contributed by atoms with E-state index in [1.165, 1.54) is 12.1 Å². The van der Waals surface area contributed by atoms with E-state index in [1.54, 1.807) is 30.3 Å². The molecular formula is C27H31FN2O3. The third kappa shape index (κ3) is 6.67. The van der Waals surface area contributed by atoms with Gasteiger partial charge in [-0.2, -0.15) is 0 Å². The van der Waals surface area contributed by atoms with E-state index >= 15 is 0 Å². The second kappa shape index (κ2) is 11.6. The van der Waals surface area contributed by atoms with Gasteiger partial charge in [-0.15, -0.1) is 0 Å². The van der Waals surface area contributed by atoms with E-state index in [2.05, 4.69) is 6.92 Å². The number of aromatic nitrogens is 2. The summed E-state index contributed by atoms with van der Waals surface area (Å²) in [7, 11) is 0. The number of unbranched alkanes of at least 4 members (excludes halogenated alkanes) is 2. The smallest absolute Gasteiger partial charge is 0.305 e. The molecule has 5 nitrogen and oxygen atoms in total. The number of carbonyl (C=O) groups excluding carboxylic acids is 2. The molecule has 0 amide bonds. The van der Waals surface area contributed by atoms with Gasteiger partial charge in [0.2, 0.25) is 0 Å². The minimum atomic E-state index is -0.313. The van der Waals surface area contributed by atoms with Crippen LogP contribution in [0.4, 0.5) is 4.39 Å². The number of carbonyl (C=O) groups is 2. The van der Waals surface area contributed by atoms with E-state index in [9.17, 15) is 14.0 Å². The molecule has 0 N–H and O–H groups in total. The van der Waals surface area contributed by atoms with E-state index in [-0.39, 0.29) is 23.5 Å². The molecule has 3 rings (SSSR count). The summed E-state index contributed by atoms with van der Waals surface area (Å²) in [5.41, 5.74) is 4.18. The third-order valence-corrected chi connectivity index (χ3v) is 5.47. The number of fused-ring (bicyclic) bond motifs is 1. The van der Waals surface area contributed by atoms with Crippen LogP contribution in [0.5, 0.6) is 0 Å². The summed E-state index contributed by atoms with van der Waals surface area (Å²) in [6.07, 6.45) is 4.26. The standard InChI is InChI=1S/C27H31FN2O3/c1-4-5-16-33-25(31)9-7-6-8-23-26(19-10-13-21(28)14-11-19)30-22-15-12-20(17-24(22)29-23)27(32)18(2)3/h10-15,17-18H,4-9,16H2,1-3H3. The highest BCUT2D eigenvalue weighted by molar-refractivity contribution is 6.00. The lowest BCUT2D eigenvalue weighted by atomic mass is 10.00. The van der Waals surface area contributed by atoms with Crippen LogP contribution in [0.3, 0.4) is 0 Å². The normalized spacial score (nSPS) is 11.2. The molecule has 0 bridgehead atoms. The predicted molar refractivity (Wildman–Crippen MR) is 128 cm³/mol. The van der Waals surface area contributed by atoms with Crippen molar-refractivity contribution in [2.45, 2.75) is 59.3 Å². The van der Waals surface area contributed by atoms with Gasteiger partial charge in [-0.3, -0.25) is 9.59 Å². The Labute approximate surface area is 194 Å². The Morgan fingerprint density at radius 1 is 0.970 bits per heavy atom. The van der Waals surface area contributed by atoms with Crippen LogP contribution in [-0.4, -0.2) is 28.3 Å². The van der Waals surface area contributed by atoms with Gasteiger partial charge >= 0.3 is 5.97 Å². The van der Waals surface area contributed by atoms with Gasteiger partial charge in [-0.1, -0.05) is 27.2 Å². The van der Waals surface area contributed by atoms with Crippen LogP contribution in [0.1, 0.15) is 68.9 Å². The minimum Gasteiger partial charge on any atom is -0.466 e. The highest BCUT2D eigenvalue weighted by Gasteiger charge is 2.15. The number of hydrogen-bond acceptors (Lipinski definition) is 5. The number of ketones is 1. The first-order valence-corrected chi connectivity index (χ1v) is 11.7. The van der Waals surface area contributed by atoms with Crippen molar-refractivity contribution in [3.63, 3.8) is 0 Å². The van der Waals surface area contributed by atoms with Crippen LogP contribution in [0.15, 0.2) is 42.5 Å². The molecule has 2 aromatic carbocycles. The third-order valence-electron chi connectivity index (χ3n) is 5.47. The van der Waals surface area contributed by atoms with Gasteiger partial charge in [0.1, 0.15) is 5.82 Å². The minimum absolute atomic E-state index is 0.0597. The van der Waals surface area contributed by atoms with Gasteiger partial charge in [0.05, 0.1) is 29.0 Å². The zero-order chi connectivity index (χ0) is 23.8. The SMILES string of the molecule is CCCCOC(=O)CCCCc1nc2cc(C(=O)C(C)C)ccc2nc1-c1ccc(F)cc1. The number of nitrogens with zero attached hydrogens (tertiary/aromatic N) is 2. The Morgan fingerprint density at radius 3 is 2.42 bits per heavy atom. The Morgan fingerprint density at radius 2 is 1.73 bits per heavy atom. The predicted octanol–water partition coefficient (Wildman–Crippen LogP) is 6.33. The summed E-state index contributed by atoms with van der Waals surface area (Å²) in [6.45, 7) is 6.26. The number of hydrogen-bond donors (Lipinski definition) is 0. The molecule has 0 fully saturated rings. The number of esters is 1. The van der Waals surface area contributed by atoms with Crippen molar-refractivity contribution in [1.82, 2.24) is 9.97 Å². The van der Waals surface area contributed by atoms with E-state index in [4.69, 9.17) is 14.7 Å². The Bertz CT molecular complexity index is 1110. The average Bonchev–Trinajstić information content (AvgIpc) is 2.81. The van der Waals surface area contributed by atoms with Crippen molar-refractivity contribution in [3.8, 4) is 11.3 Å². The van der Waals surface area contributed by atoms with E-state index in [0.29, 0.717) is 48.2 Å². The molecule has 1 heterocycles. The molecule has 0 aliphatic carbocycles. The Balaban J connectivity index is 1.83. The Hall–Kier alpha value is -3.15. The molecule has 0 saturated heterocycles. The first kappa shape index (κ1) is 24.5. The molecule has 174 valence electrons. The fourth-order valence-electron chi connectivity index (χ4n) is 3.55. The van der Waals surface area contributed by atoms with E-state index < -0.39 is 0 Å². The van der Waals surface area contributed by atoms with Gasteiger partial charge in [0, 0.05) is 23.5 Å². The largest absolute Gasteiger partial charge is 0.466 e. The van der Waals surface area contributed by atoms with Crippen molar-refractivity contribution in [2.75, 3.05) is 6.61 Å². The number of Topliss-reactive ketones (excluding diaryl/α,β-unsaturated/α-hetero) is 1. The number of rotatable bonds is 11. The van der Waals surface area contributed by atoms with Gasteiger partial charge in [0.25, 0.3) is 0 Å². The summed E-state index contributed by atoms with van der Waals surface area (Å²) >= 11 is 0. The maximum absolute atomic E-state index is 13.5. The van der Waals surface area contributed by atoms with Gasteiger partial charge in [0.15, 0.2) is 5.78 Å². The topological polar surface area (TPSA) is 69.2 Å². The quantitative estimate of drug-likeness (QED) is 0.194. The van der Waals surface area contributed by atoms with Gasteiger partial charge in [-0.25, -0.2) is 14.4 Å². The average molecular weight is 451 g/mol. The first-order valence-electron chi connectivity index (χ1n) is 11.7. The molecule has 0 spiro atoms. The number of aryl methyl sites for hydroxylation is 1. The van der Waals surface area contributed by atoms with E-state index in [0.717, 1.165) is 30.5 Å². The fourth-order valence-corrected chi connectivity index (χ4v) is 3.55. The molecule has 0 unspecified atom stereocenters. The van der Waals surface area contributed by atoms with Crippen LogP contribution >= 0.6 is 0 Å². The van der Waals surface area contributed by atoms with Crippen molar-refractivity contribution in [2.24, 2.45) is 5.92 Å². The molecule has 1 aromatic heterocycles. The second-order valence-electron chi connectivity index (χ2n) is 8.53. The molecule has 0 radical (unpaired) electrons. The Kier molecular flexibility index (Phi) is 8.64. The van der Waals surface area contributed by atoms with Crippen molar-refractivity contribution >= 4 is 22.8 Å². The molecule has 3 aromatic rings. The number of halogens is 1. The van der Waals surface area contributed by atoms with Crippen LogP contribution in [-0.2, 0) is 16.0 Å². The molecule has 33 heavy (non-hydrogen) atoms. The van der Waals surface area contributed by atoms with Crippen LogP contribution in [0.2, 0.25) is 0 Å². The molecule has 0 aliphatic heterocycles. The van der Waals surface area contributed by atoms with Crippen molar-refractivity contribution in [1.29, 1.82) is 0 Å². The molecule has 0 aliphatic rings. The van der Waals surface area contributed by atoms with Gasteiger partial charge < -0.3 is 4.74 Å². The summed E-state index contributed by atoms with van der Waals surface area (Å²) < 4.78 is 18.7. The van der Waals surface area contributed by atoms with Crippen LogP contribution in [0, 0.1) is 11.7 Å².